The van der Waals surface area contributed by atoms with Crippen molar-refractivity contribution in [2.75, 3.05) is 0 Å². The van der Waals surface area contributed by atoms with Gasteiger partial charge in [-0.2, -0.15) is 0 Å². The molecule has 108 valence electrons. The number of fused-ring (bicyclic) bond motifs is 5. The molecule has 1 saturated heterocycles. The van der Waals surface area contributed by atoms with Crippen molar-refractivity contribution >= 4 is 23.5 Å². The second-order valence-corrected chi connectivity index (χ2v) is 10.2. The average Bonchev–Trinajstić information content (AvgIpc) is 2.78. The molecular weight excluding hydrogens is 284 g/mol. The Balaban J connectivity index is 1.75. The van der Waals surface area contributed by atoms with E-state index in [0.29, 0.717) is 11.2 Å². The maximum atomic E-state index is 9.75. The molecule has 1 N–H and O–H groups in total. The van der Waals surface area contributed by atoms with Crippen LogP contribution in [0.2, 0.25) is 0 Å². The van der Waals surface area contributed by atoms with E-state index >= 15 is 0 Å². The first-order valence-electron chi connectivity index (χ1n) is 7.71. The van der Waals surface area contributed by atoms with Crippen molar-refractivity contribution in [1.82, 2.24) is 0 Å². The molecule has 4 rings (SSSR count). The van der Waals surface area contributed by atoms with Gasteiger partial charge in [-0.15, -0.1) is 23.5 Å². The van der Waals surface area contributed by atoms with Crippen LogP contribution in [0.1, 0.15) is 44.2 Å². The molecule has 0 spiro atoms. The van der Waals surface area contributed by atoms with Crippen LogP contribution in [0, 0.1) is 5.92 Å². The Labute approximate surface area is 129 Å². The number of phenolic OH excluding ortho intramolecular Hbond substituents is 1. The lowest BCUT2D eigenvalue weighted by atomic mass is 9.58. The van der Waals surface area contributed by atoms with Crippen LogP contribution in [0.4, 0.5) is 0 Å². The summed E-state index contributed by atoms with van der Waals surface area (Å²) in [6.07, 6.45) is 5.12. The van der Waals surface area contributed by atoms with Crippen LogP contribution in [0.5, 0.6) is 5.75 Å². The van der Waals surface area contributed by atoms with Crippen molar-refractivity contribution < 1.29 is 5.11 Å². The molecule has 5 unspecified atom stereocenters. The van der Waals surface area contributed by atoms with E-state index in [0.717, 1.165) is 27.4 Å². The summed E-state index contributed by atoms with van der Waals surface area (Å²) in [6, 6.07) is 6.09. The highest BCUT2D eigenvalue weighted by atomic mass is 32.2. The predicted octanol–water partition coefficient (Wildman–Crippen LogP) is 4.57. The van der Waals surface area contributed by atoms with Crippen LogP contribution in [0.25, 0.3) is 0 Å². The number of aromatic hydroxyl groups is 1. The summed E-state index contributed by atoms with van der Waals surface area (Å²) in [6.45, 7) is 4.86. The smallest absolute Gasteiger partial charge is 0.115 e. The van der Waals surface area contributed by atoms with E-state index in [-0.39, 0.29) is 0 Å². The highest BCUT2D eigenvalue weighted by Crippen LogP contribution is 2.60. The maximum absolute atomic E-state index is 9.75. The Morgan fingerprint density at radius 2 is 2.10 bits per heavy atom. The molecule has 0 bridgehead atoms. The number of aryl methyl sites for hydroxylation is 1. The highest BCUT2D eigenvalue weighted by Gasteiger charge is 2.52. The number of benzene rings is 1. The van der Waals surface area contributed by atoms with E-state index < -0.39 is 0 Å². The standard InChI is InChI=1S/C17H22OS2/c1-10-19-15-7-8-17(2)13-6-4-12(18)9-11(13)3-5-14(17)16(15)20-10/h4,6,9-10,14-16,18H,3,5,7-8H2,1-2H3. The highest BCUT2D eigenvalue weighted by molar-refractivity contribution is 8.20. The Kier molecular flexibility index (Phi) is 3.08. The molecule has 5 atom stereocenters. The normalized spacial score (nSPS) is 42.7. The second-order valence-electron chi connectivity index (χ2n) is 6.79. The van der Waals surface area contributed by atoms with E-state index in [1.807, 2.05) is 12.1 Å². The summed E-state index contributed by atoms with van der Waals surface area (Å²) < 4.78 is 0.772. The van der Waals surface area contributed by atoms with Gasteiger partial charge in [-0.25, -0.2) is 0 Å². The minimum atomic E-state index is 0.333. The molecule has 1 aromatic rings. The SMILES string of the molecule is CC1SC2CCC3(C)c4ccc(O)cc4CCC3C2S1. The third-order valence-corrected chi connectivity index (χ3v) is 9.13. The van der Waals surface area contributed by atoms with Crippen molar-refractivity contribution in [3.8, 4) is 5.75 Å². The number of thioether (sulfide) groups is 2. The zero-order valence-corrected chi connectivity index (χ0v) is 13.8. The van der Waals surface area contributed by atoms with Crippen molar-refractivity contribution in [2.24, 2.45) is 5.92 Å². The van der Waals surface area contributed by atoms with Gasteiger partial charge in [0.05, 0.1) is 0 Å². The molecule has 20 heavy (non-hydrogen) atoms. The van der Waals surface area contributed by atoms with Crippen LogP contribution in [-0.4, -0.2) is 20.2 Å². The van der Waals surface area contributed by atoms with Crippen LogP contribution >= 0.6 is 23.5 Å². The van der Waals surface area contributed by atoms with Gasteiger partial charge < -0.3 is 5.11 Å². The summed E-state index contributed by atoms with van der Waals surface area (Å²) in [5.41, 5.74) is 3.25. The first-order chi connectivity index (χ1) is 9.58. The molecule has 1 aliphatic heterocycles. The number of phenols is 1. The van der Waals surface area contributed by atoms with Crippen molar-refractivity contribution in [2.45, 2.75) is 60.0 Å². The van der Waals surface area contributed by atoms with Gasteiger partial charge in [0.1, 0.15) is 5.75 Å². The van der Waals surface area contributed by atoms with Crippen LogP contribution in [0.15, 0.2) is 18.2 Å². The molecule has 0 amide bonds. The molecule has 0 radical (unpaired) electrons. The van der Waals surface area contributed by atoms with Gasteiger partial charge in [-0.3, -0.25) is 0 Å². The summed E-state index contributed by atoms with van der Waals surface area (Å²) in [7, 11) is 0. The number of rotatable bonds is 0. The summed E-state index contributed by atoms with van der Waals surface area (Å²) in [5.74, 6) is 1.25. The lowest BCUT2D eigenvalue weighted by molar-refractivity contribution is 0.191. The van der Waals surface area contributed by atoms with E-state index in [1.165, 1.54) is 30.4 Å². The first-order valence-corrected chi connectivity index (χ1v) is 9.60. The van der Waals surface area contributed by atoms with Crippen LogP contribution < -0.4 is 0 Å². The summed E-state index contributed by atoms with van der Waals surface area (Å²) in [5, 5.41) is 11.5. The van der Waals surface area contributed by atoms with E-state index in [2.05, 4.69) is 43.4 Å². The number of hydrogen-bond acceptors (Lipinski definition) is 3. The lowest BCUT2D eigenvalue weighted by Gasteiger charge is -2.50. The Hall–Kier alpha value is -0.280. The van der Waals surface area contributed by atoms with Gasteiger partial charge in [0.2, 0.25) is 0 Å². The molecule has 2 fully saturated rings. The van der Waals surface area contributed by atoms with Crippen molar-refractivity contribution in [1.29, 1.82) is 0 Å². The Morgan fingerprint density at radius 1 is 1.25 bits per heavy atom. The van der Waals surface area contributed by atoms with Crippen LogP contribution in [0.3, 0.4) is 0 Å². The average molecular weight is 306 g/mol. The number of hydrogen-bond donors (Lipinski definition) is 1. The largest absolute Gasteiger partial charge is 0.508 e. The zero-order valence-electron chi connectivity index (χ0n) is 12.1. The molecule has 3 aliphatic rings. The van der Waals surface area contributed by atoms with Gasteiger partial charge in [0.25, 0.3) is 0 Å². The fourth-order valence-corrected chi connectivity index (χ4v) is 8.64. The van der Waals surface area contributed by atoms with Crippen LogP contribution in [-0.2, 0) is 11.8 Å². The van der Waals surface area contributed by atoms with Crippen molar-refractivity contribution in [3.05, 3.63) is 29.3 Å². The van der Waals surface area contributed by atoms with Gasteiger partial charge in [-0.1, -0.05) is 13.0 Å². The quantitative estimate of drug-likeness (QED) is 0.758. The van der Waals surface area contributed by atoms with Crippen molar-refractivity contribution in [3.63, 3.8) is 0 Å². The molecule has 2 aliphatic carbocycles. The minimum Gasteiger partial charge on any atom is -0.508 e. The third-order valence-electron chi connectivity index (χ3n) is 5.67. The van der Waals surface area contributed by atoms with Gasteiger partial charge in [-0.05, 0) is 67.2 Å². The second kappa shape index (κ2) is 4.61. The Bertz CT molecular complexity index is 544. The molecule has 1 aromatic carbocycles. The lowest BCUT2D eigenvalue weighted by Crippen LogP contribution is -2.48. The van der Waals surface area contributed by atoms with Gasteiger partial charge in [0, 0.05) is 15.1 Å². The van der Waals surface area contributed by atoms with Gasteiger partial charge >= 0.3 is 0 Å². The third kappa shape index (κ3) is 1.85. The zero-order chi connectivity index (χ0) is 13.9. The molecule has 1 nitrogen and oxygen atoms in total. The summed E-state index contributed by atoms with van der Waals surface area (Å²) >= 11 is 4.44. The molecular formula is C17H22OS2. The van der Waals surface area contributed by atoms with E-state index in [1.54, 1.807) is 0 Å². The minimum absolute atomic E-state index is 0.333. The predicted molar refractivity (Wildman–Crippen MR) is 88.7 cm³/mol. The molecule has 0 aromatic heterocycles. The molecule has 1 heterocycles. The fourth-order valence-electron chi connectivity index (χ4n) is 4.71. The first kappa shape index (κ1) is 13.4. The Morgan fingerprint density at radius 3 is 2.95 bits per heavy atom. The molecule has 1 saturated carbocycles. The monoisotopic (exact) mass is 306 g/mol. The topological polar surface area (TPSA) is 20.2 Å². The summed E-state index contributed by atoms with van der Waals surface area (Å²) in [4.78, 5) is 0. The maximum Gasteiger partial charge on any atom is 0.115 e. The van der Waals surface area contributed by atoms with E-state index in [9.17, 15) is 5.11 Å². The van der Waals surface area contributed by atoms with E-state index in [4.69, 9.17) is 0 Å². The fraction of sp³-hybridized carbons (Fsp3) is 0.647. The van der Waals surface area contributed by atoms with Gasteiger partial charge in [0.15, 0.2) is 0 Å². The molecule has 3 heteroatoms.